The summed E-state index contributed by atoms with van der Waals surface area (Å²) in [5.41, 5.74) is -13.1. The minimum absolute atomic E-state index is 0.0463. The second-order valence-electron chi connectivity index (χ2n) is 38.7. The first-order valence-corrected chi connectivity index (χ1v) is 45.7. The number of carbonyl (C=O) groups excluding carboxylic acids is 1. The van der Waals surface area contributed by atoms with Crippen LogP contribution in [0, 0.1) is 34.0 Å². The van der Waals surface area contributed by atoms with Gasteiger partial charge in [-0.2, -0.15) is 0 Å². The topological polar surface area (TPSA) is 792 Å². The molecule has 0 spiro atoms. The minimum Gasteiger partial charge on any atom is -0.497 e. The fraction of sp³-hybridized carbons (Fsp3) is 0.685. The van der Waals surface area contributed by atoms with Crippen LogP contribution >= 0.6 is 0 Å². The lowest BCUT2D eigenvalue weighted by Gasteiger charge is -2.31. The highest BCUT2D eigenvalue weighted by molar-refractivity contribution is 6.00. The summed E-state index contributed by atoms with van der Waals surface area (Å²) in [4.78, 5) is 95.9. The van der Waals surface area contributed by atoms with E-state index in [1.807, 2.05) is 0 Å². The number of aliphatic imine (C=N–C) groups is 19. The van der Waals surface area contributed by atoms with E-state index in [4.69, 9.17) is 16.2 Å². The van der Waals surface area contributed by atoms with Crippen molar-refractivity contribution < 1.29 is 122 Å². The number of rotatable bonds is 56. The molecular weight excluding hydrogens is 1810 g/mol. The summed E-state index contributed by atoms with van der Waals surface area (Å²) < 4.78 is 0. The first-order chi connectivity index (χ1) is 63.8. The van der Waals surface area contributed by atoms with Crippen molar-refractivity contribution in [2.45, 2.75) is 368 Å². The molecule has 13 unspecified atom stereocenters. The van der Waals surface area contributed by atoms with Crippen molar-refractivity contribution in [3.63, 3.8) is 0 Å². The number of benzene rings is 1. The monoisotopic (exact) mass is 1960 g/mol. The molecule has 1 aliphatic rings. The molecule has 780 valence electrons. The molecule has 26 N–H and O–H groups in total. The maximum Gasteiger partial charge on any atom is 0.250 e. The molecule has 0 aromatic heterocycles. The van der Waals surface area contributed by atoms with Gasteiger partial charge in [0, 0.05) is 32.7 Å². The number of nitrogens with zero attached hydrogens (tertiary/aromatic N) is 20. The number of hydrogen-bond donors (Lipinski definition) is 26. The predicted molar refractivity (Wildman–Crippen MR) is 548 cm³/mol. The van der Waals surface area contributed by atoms with Gasteiger partial charge in [0.15, 0.2) is 23.6 Å². The molecule has 0 radical (unpaired) electrons. The third-order valence-electron chi connectivity index (χ3n) is 22.1. The largest absolute Gasteiger partial charge is 0.497 e. The van der Waals surface area contributed by atoms with Crippen molar-refractivity contribution in [3.05, 3.63) is 35.9 Å². The maximum absolute atomic E-state index is 14.7. The molecule has 1 saturated heterocycles. The van der Waals surface area contributed by atoms with Gasteiger partial charge in [0.2, 0.25) is 106 Å². The molecule has 2 rings (SSSR count). The van der Waals surface area contributed by atoms with Gasteiger partial charge in [0.1, 0.15) is 111 Å². The standard InChI is InChI=1S/C92H153N23O24/c1-27-49(7)66(106-81(136)89(20,21)110-72(127)58(38-41-63(95)120)102-67(122)50(8)97-79(134)87(16,17)108-69(124)52(10)99-80(135)88(18,19)109-68(123)51(9)98-78(133)86(14,15)107-53(11)117)76(131)113-85(12,13)77(132)96-45-64(121)101-59(43-47(3)4)73(128)111-91(24,25)84(139)115-42-32-35-60(115)74(129)105-65(48(5)6)75(130)112-90(22,23)82(137)114-92(26,28-2)83(138)104-57(37-40-62(94)119)71(126)103-56(36-39-61(93)118)70(125)100-55(46-116)44-54-33-30-29-31-34-54/h29-31,33-34,47-52,55-60,65-66,116H,27-28,32,35-46H2,1-26H3,(H2,93,118)(H2,94,119)(H2,95,120)(H,96,132)(H,97,134)(H,98,133)(H,99,135)(H,100,125)(H,101,121)(H,102,122)(H,103,126)(H,104,138)(H,105,129)(H,106,136)(H,107,117)(H,108,124)(H,109,123)(H,110,127)(H,111,128)(H,112,130)(H,113,131)(H,114,137). The predicted octanol–water partition coefficient (Wildman–Crippen LogP) is 14.5. The van der Waals surface area contributed by atoms with Gasteiger partial charge in [0.25, 0.3) is 5.91 Å². The Balaban J connectivity index is 2.56. The van der Waals surface area contributed by atoms with E-state index in [0.717, 1.165) is 5.56 Å². The molecular formula is C92H153N23O24. The van der Waals surface area contributed by atoms with E-state index in [0.29, 0.717) is 12.8 Å². The Bertz CT molecular complexity index is 4970. The SMILES string of the molecule is CCC(C)C(N=C(O)C(C)(C)N=C(O)C(CCC(=N)O)N=C(O)C(C)N=C(O)C(C)(C)N=C(O)C(C)N=C(O)C(C)(C)N=C(O)C(C)N=C(O)C(C)(C)N=C(C)O)C(O)=NC(C)(C)C(O)=NCC(O)=NC(CC(C)C)C(O)=NC(C)(C)C(=O)N1CCCC1C(O)=NC(C(O)=NC(C)(C)C(O)=NC(C)(CC)C(O)=NC(CCC(=N)O)C(O)=NC(CCC(=N)O)C(O)=NC(CO)Cc1ccccc1)C(C)C. The molecule has 47 nitrogen and oxygen atoms in total. The average Bonchev–Trinajstić information content (AvgIpc) is 1.77. The van der Waals surface area contributed by atoms with Crippen LogP contribution in [0.3, 0.4) is 0 Å². The summed E-state index contributed by atoms with van der Waals surface area (Å²) in [7, 11) is 0. The van der Waals surface area contributed by atoms with Crippen LogP contribution in [-0.2, 0) is 11.2 Å². The second kappa shape index (κ2) is 52.7. The first-order valence-electron chi connectivity index (χ1n) is 45.7. The van der Waals surface area contributed by atoms with E-state index in [2.05, 4.69) is 94.9 Å². The smallest absolute Gasteiger partial charge is 0.250 e. The summed E-state index contributed by atoms with van der Waals surface area (Å²) in [6.45, 7) is 36.5. The van der Waals surface area contributed by atoms with Crippen LogP contribution in [0.5, 0.6) is 0 Å². The molecule has 0 aliphatic carbocycles. The number of aliphatic hydroxyl groups excluding tert-OH is 23. The van der Waals surface area contributed by atoms with Crippen molar-refractivity contribution >= 4 is 136 Å². The molecule has 1 aromatic carbocycles. The Morgan fingerprint density at radius 1 is 0.410 bits per heavy atom. The molecule has 1 aromatic rings. The molecule has 1 fully saturated rings. The van der Waals surface area contributed by atoms with Gasteiger partial charge in [-0.3, -0.25) is 21.0 Å². The molecule has 1 amide bonds. The molecule has 0 saturated carbocycles. The molecule has 139 heavy (non-hydrogen) atoms. The Labute approximate surface area is 811 Å². The second-order valence-corrected chi connectivity index (χ2v) is 38.7. The van der Waals surface area contributed by atoms with E-state index in [1.54, 1.807) is 78.8 Å². The van der Waals surface area contributed by atoms with Crippen molar-refractivity contribution in [1.82, 2.24) is 4.90 Å². The number of aliphatic hydroxyl groups is 23. The van der Waals surface area contributed by atoms with Crippen LogP contribution < -0.4 is 0 Å². The number of hydrogen-bond acceptors (Lipinski definition) is 24. The van der Waals surface area contributed by atoms with Crippen molar-refractivity contribution in [2.75, 3.05) is 19.7 Å². The summed E-state index contributed by atoms with van der Waals surface area (Å²) in [6.07, 6.45) is -1.18. The third kappa shape index (κ3) is 39.1. The Hall–Kier alpha value is -13.0. The Kier molecular flexibility index (Phi) is 46.3. The summed E-state index contributed by atoms with van der Waals surface area (Å²) in [6, 6.07) is -5.52. The van der Waals surface area contributed by atoms with Crippen molar-refractivity contribution in [2.24, 2.45) is 113 Å². The lowest BCUT2D eigenvalue weighted by atomic mass is 9.97. The van der Waals surface area contributed by atoms with Gasteiger partial charge >= 0.3 is 0 Å². The molecule has 0 bridgehead atoms. The fourth-order valence-electron chi connectivity index (χ4n) is 13.0. The number of carbonyl (C=O) groups is 1. The zero-order valence-corrected chi connectivity index (χ0v) is 84.7. The van der Waals surface area contributed by atoms with Crippen LogP contribution in [0.1, 0.15) is 256 Å². The average molecular weight is 1970 g/mol. The van der Waals surface area contributed by atoms with E-state index >= 15 is 0 Å². The van der Waals surface area contributed by atoms with Crippen LogP contribution in [-0.4, -0.2) is 388 Å². The first kappa shape index (κ1) is 122. The van der Waals surface area contributed by atoms with Gasteiger partial charge in [-0.05, 0) is 199 Å². The van der Waals surface area contributed by atoms with Gasteiger partial charge < -0.3 is 122 Å². The van der Waals surface area contributed by atoms with Gasteiger partial charge in [-0.25, -0.2) is 94.9 Å². The summed E-state index contributed by atoms with van der Waals surface area (Å²) >= 11 is 0. The lowest BCUT2D eigenvalue weighted by molar-refractivity contribution is -0.135. The van der Waals surface area contributed by atoms with E-state index in [-0.39, 0.29) is 69.7 Å². The molecule has 1 aliphatic heterocycles. The Morgan fingerprint density at radius 3 is 1.24 bits per heavy atom. The van der Waals surface area contributed by atoms with Crippen LogP contribution in [0.25, 0.3) is 0 Å². The maximum atomic E-state index is 14.7. The number of amides is 1. The molecule has 47 heteroatoms. The molecule has 1 heterocycles. The van der Waals surface area contributed by atoms with Gasteiger partial charge in [0.05, 0.1) is 12.6 Å². The highest BCUT2D eigenvalue weighted by atomic mass is 16.3. The minimum atomic E-state index is -1.88. The fourth-order valence-corrected chi connectivity index (χ4v) is 13.0. The normalized spacial score (nSPS) is 19.4. The zero-order chi connectivity index (χ0) is 107. The summed E-state index contributed by atoms with van der Waals surface area (Å²) in [5, 5.41) is 278. The van der Waals surface area contributed by atoms with E-state index in [9.17, 15) is 122 Å². The lowest BCUT2D eigenvalue weighted by Crippen LogP contribution is -2.50. The third-order valence-corrected chi connectivity index (χ3v) is 22.1. The number of nitrogens with one attached hydrogen (secondary N) is 3. The highest BCUT2D eigenvalue weighted by Gasteiger charge is 2.44. The number of likely N-dealkylation sites (tertiary alicyclic amines) is 1. The van der Waals surface area contributed by atoms with Crippen LogP contribution in [0.2, 0.25) is 0 Å². The van der Waals surface area contributed by atoms with Crippen LogP contribution in [0.4, 0.5) is 0 Å². The van der Waals surface area contributed by atoms with Crippen LogP contribution in [0.15, 0.2) is 125 Å². The Morgan fingerprint density at radius 2 is 0.799 bits per heavy atom. The highest BCUT2D eigenvalue weighted by Crippen LogP contribution is 2.31. The van der Waals surface area contributed by atoms with Crippen molar-refractivity contribution in [1.29, 1.82) is 16.2 Å². The van der Waals surface area contributed by atoms with Crippen molar-refractivity contribution in [3.8, 4) is 0 Å². The summed E-state index contributed by atoms with van der Waals surface area (Å²) in [5.74, 6) is -18.1. The van der Waals surface area contributed by atoms with Gasteiger partial charge in [-0.15, -0.1) is 0 Å². The van der Waals surface area contributed by atoms with Gasteiger partial charge in [-0.1, -0.05) is 85.2 Å². The van der Waals surface area contributed by atoms with E-state index in [1.165, 1.54) is 136 Å². The zero-order valence-electron chi connectivity index (χ0n) is 84.7. The van der Waals surface area contributed by atoms with E-state index < -0.39 is 278 Å². The molecule has 13 atom stereocenters. The quantitative estimate of drug-likeness (QED) is 0.0213.